The number of rotatable bonds is 4. The van der Waals surface area contributed by atoms with E-state index in [1.807, 2.05) is 18.2 Å². The molecule has 2 aromatic rings. The van der Waals surface area contributed by atoms with Crippen LogP contribution in [0.25, 0.3) is 11.1 Å². The van der Waals surface area contributed by atoms with Crippen LogP contribution in [-0.4, -0.2) is 54.3 Å². The fourth-order valence-corrected chi connectivity index (χ4v) is 4.24. The first kappa shape index (κ1) is 25.5. The summed E-state index contributed by atoms with van der Waals surface area (Å²) in [6.07, 6.45) is -0.562. The lowest BCUT2D eigenvalue weighted by molar-refractivity contribution is -0.133. The van der Waals surface area contributed by atoms with Crippen LogP contribution < -0.4 is 10.1 Å². The second kappa shape index (κ2) is 10.5. The molecular weight excluding hydrogens is 465 g/mol. The maximum atomic E-state index is 13.5. The number of amides is 2. The highest BCUT2D eigenvalue weighted by Crippen LogP contribution is 2.38. The first-order chi connectivity index (χ1) is 17.1. The molecule has 2 aliphatic rings. The summed E-state index contributed by atoms with van der Waals surface area (Å²) in [5.41, 5.74) is 2.70. The van der Waals surface area contributed by atoms with Crippen molar-refractivity contribution >= 4 is 12.0 Å². The SMILES string of the molecule is CC(C)(C)OC(=O)N1CCCO[C@H](C(=O)NC(C#N)Cc2ccc3c(c2)OCc2cc(F)ccc2-3)C1. The lowest BCUT2D eigenvalue weighted by Crippen LogP contribution is -2.48. The van der Waals surface area contributed by atoms with Crippen LogP contribution in [-0.2, 0) is 27.3 Å². The summed E-state index contributed by atoms with van der Waals surface area (Å²) >= 11 is 0. The Morgan fingerprint density at radius 1 is 1.25 bits per heavy atom. The van der Waals surface area contributed by atoms with Gasteiger partial charge in [-0.05, 0) is 56.5 Å². The molecule has 0 saturated carbocycles. The van der Waals surface area contributed by atoms with Crippen molar-refractivity contribution in [3.8, 4) is 22.9 Å². The summed E-state index contributed by atoms with van der Waals surface area (Å²) < 4.78 is 30.5. The maximum absolute atomic E-state index is 13.5. The van der Waals surface area contributed by atoms with Crippen LogP contribution >= 0.6 is 0 Å². The summed E-state index contributed by atoms with van der Waals surface area (Å²) in [6.45, 7) is 6.40. The van der Waals surface area contributed by atoms with E-state index < -0.39 is 29.7 Å². The highest BCUT2D eigenvalue weighted by atomic mass is 19.1. The summed E-state index contributed by atoms with van der Waals surface area (Å²) in [6, 6.07) is 11.5. The molecule has 1 fully saturated rings. The van der Waals surface area contributed by atoms with Gasteiger partial charge in [-0.25, -0.2) is 9.18 Å². The zero-order valence-electron chi connectivity index (χ0n) is 20.7. The molecule has 4 rings (SSSR count). The van der Waals surface area contributed by atoms with Crippen molar-refractivity contribution in [3.05, 3.63) is 53.3 Å². The monoisotopic (exact) mass is 495 g/mol. The van der Waals surface area contributed by atoms with E-state index >= 15 is 0 Å². The van der Waals surface area contributed by atoms with Gasteiger partial charge in [0.15, 0.2) is 6.10 Å². The molecule has 0 aromatic heterocycles. The lowest BCUT2D eigenvalue weighted by Gasteiger charge is -2.28. The molecule has 2 aliphatic heterocycles. The van der Waals surface area contributed by atoms with Gasteiger partial charge >= 0.3 is 6.09 Å². The van der Waals surface area contributed by atoms with E-state index in [0.29, 0.717) is 25.3 Å². The average molecular weight is 496 g/mol. The van der Waals surface area contributed by atoms with E-state index in [9.17, 15) is 19.2 Å². The molecule has 8 nitrogen and oxygen atoms in total. The normalized spacial score (nSPS) is 18.0. The first-order valence-corrected chi connectivity index (χ1v) is 12.0. The lowest BCUT2D eigenvalue weighted by atomic mass is 9.94. The molecule has 0 radical (unpaired) electrons. The van der Waals surface area contributed by atoms with E-state index in [0.717, 1.165) is 22.3 Å². The van der Waals surface area contributed by atoms with E-state index in [1.165, 1.54) is 17.0 Å². The minimum atomic E-state index is -0.903. The molecule has 190 valence electrons. The number of halogens is 1. The van der Waals surface area contributed by atoms with Crippen molar-refractivity contribution in [2.75, 3.05) is 19.7 Å². The Bertz CT molecular complexity index is 1190. The third-order valence-corrected chi connectivity index (χ3v) is 5.92. The maximum Gasteiger partial charge on any atom is 0.410 e. The number of hydrogen-bond donors (Lipinski definition) is 1. The number of hydrogen-bond acceptors (Lipinski definition) is 6. The van der Waals surface area contributed by atoms with Crippen molar-refractivity contribution in [2.45, 2.75) is 58.0 Å². The van der Waals surface area contributed by atoms with Gasteiger partial charge in [0.1, 0.15) is 29.8 Å². The standard InChI is InChI=1S/C27H30FN3O5/c1-27(2,3)36-26(33)31-9-4-10-34-24(15-31)25(32)30-20(14-29)11-17-5-7-22-21-8-6-19(28)13-18(21)16-35-23(22)12-17/h5-8,12-13,20,24H,4,9-11,15-16H2,1-3H3,(H,30,32)/t20?,24-/m0/s1. The summed E-state index contributed by atoms with van der Waals surface area (Å²) in [5.74, 6) is -0.117. The Labute approximate surface area is 209 Å². The highest BCUT2D eigenvalue weighted by molar-refractivity contribution is 5.82. The molecule has 0 aliphatic carbocycles. The van der Waals surface area contributed by atoms with Gasteiger partial charge in [-0.15, -0.1) is 0 Å². The van der Waals surface area contributed by atoms with Gasteiger partial charge in [0.05, 0.1) is 12.6 Å². The molecule has 2 atom stereocenters. The van der Waals surface area contributed by atoms with Gasteiger partial charge in [0.25, 0.3) is 5.91 Å². The zero-order chi connectivity index (χ0) is 25.9. The molecule has 2 aromatic carbocycles. The fourth-order valence-electron chi connectivity index (χ4n) is 4.24. The van der Waals surface area contributed by atoms with Crippen LogP contribution in [0.4, 0.5) is 9.18 Å². The van der Waals surface area contributed by atoms with Crippen LogP contribution in [0.15, 0.2) is 36.4 Å². The Kier molecular flexibility index (Phi) is 7.45. The van der Waals surface area contributed by atoms with Gasteiger partial charge < -0.3 is 24.4 Å². The van der Waals surface area contributed by atoms with E-state index in [-0.39, 0.29) is 25.4 Å². The van der Waals surface area contributed by atoms with Crippen molar-refractivity contribution in [1.82, 2.24) is 10.2 Å². The minimum Gasteiger partial charge on any atom is -0.488 e. The Morgan fingerprint density at radius 2 is 2.03 bits per heavy atom. The number of carbonyl (C=O) groups excluding carboxylic acids is 2. The van der Waals surface area contributed by atoms with Gasteiger partial charge in [0, 0.05) is 30.7 Å². The van der Waals surface area contributed by atoms with Gasteiger partial charge in [-0.1, -0.05) is 18.2 Å². The molecule has 1 saturated heterocycles. The Balaban J connectivity index is 1.41. The predicted molar refractivity (Wildman–Crippen MR) is 130 cm³/mol. The second-order valence-corrected chi connectivity index (χ2v) is 9.95. The van der Waals surface area contributed by atoms with Gasteiger partial charge in [-0.3, -0.25) is 4.79 Å². The van der Waals surface area contributed by atoms with Crippen LogP contribution in [0.2, 0.25) is 0 Å². The second-order valence-electron chi connectivity index (χ2n) is 9.95. The van der Waals surface area contributed by atoms with Crippen molar-refractivity contribution < 1.29 is 28.2 Å². The molecule has 1 unspecified atom stereocenters. The molecule has 36 heavy (non-hydrogen) atoms. The summed E-state index contributed by atoms with van der Waals surface area (Å²) in [4.78, 5) is 26.9. The molecular formula is C27H30FN3O5. The zero-order valence-corrected chi connectivity index (χ0v) is 20.7. The third-order valence-electron chi connectivity index (χ3n) is 5.92. The number of benzene rings is 2. The molecule has 0 spiro atoms. The van der Waals surface area contributed by atoms with Crippen LogP contribution in [0.5, 0.6) is 5.75 Å². The minimum absolute atomic E-state index is 0.0472. The number of carbonyl (C=O) groups is 2. The topological polar surface area (TPSA) is 101 Å². The average Bonchev–Trinajstić information content (AvgIpc) is 3.09. The van der Waals surface area contributed by atoms with Crippen LogP contribution in [0.3, 0.4) is 0 Å². The fraction of sp³-hybridized carbons (Fsp3) is 0.444. The molecule has 1 N–H and O–H groups in total. The number of nitriles is 1. The number of fused-ring (bicyclic) bond motifs is 3. The van der Waals surface area contributed by atoms with Gasteiger partial charge in [-0.2, -0.15) is 5.26 Å². The number of nitrogens with one attached hydrogen (secondary N) is 1. The largest absolute Gasteiger partial charge is 0.488 e. The quantitative estimate of drug-likeness (QED) is 0.689. The molecule has 2 heterocycles. The van der Waals surface area contributed by atoms with E-state index in [4.69, 9.17) is 14.2 Å². The van der Waals surface area contributed by atoms with Crippen LogP contribution in [0, 0.1) is 17.1 Å². The number of ether oxygens (including phenoxy) is 3. The Morgan fingerprint density at radius 3 is 2.78 bits per heavy atom. The van der Waals surface area contributed by atoms with Gasteiger partial charge in [0.2, 0.25) is 0 Å². The Hall–Kier alpha value is -3.64. The predicted octanol–water partition coefficient (Wildman–Crippen LogP) is 3.96. The molecule has 9 heteroatoms. The summed E-state index contributed by atoms with van der Waals surface area (Å²) in [7, 11) is 0. The van der Waals surface area contributed by atoms with E-state index in [2.05, 4.69) is 11.4 Å². The number of nitrogens with zero attached hydrogens (tertiary/aromatic N) is 2. The van der Waals surface area contributed by atoms with Crippen molar-refractivity contribution in [2.24, 2.45) is 0 Å². The molecule has 2 amide bonds. The smallest absolute Gasteiger partial charge is 0.410 e. The van der Waals surface area contributed by atoms with Crippen molar-refractivity contribution in [3.63, 3.8) is 0 Å². The highest BCUT2D eigenvalue weighted by Gasteiger charge is 2.31. The molecule has 0 bridgehead atoms. The van der Waals surface area contributed by atoms with E-state index in [1.54, 1.807) is 26.8 Å². The van der Waals surface area contributed by atoms with Crippen molar-refractivity contribution in [1.29, 1.82) is 5.26 Å². The van der Waals surface area contributed by atoms with Crippen LogP contribution in [0.1, 0.15) is 38.3 Å². The first-order valence-electron chi connectivity index (χ1n) is 12.0. The third kappa shape index (κ3) is 6.13. The summed E-state index contributed by atoms with van der Waals surface area (Å²) in [5, 5.41) is 12.4.